The Morgan fingerprint density at radius 1 is 1.38 bits per heavy atom. The number of Topliss-reactive ketones (excluding diaryl/α,β-unsaturated/α-hetero) is 1. The molecule has 1 aliphatic heterocycles. The molecular weight excluding hydrogens is 354 g/mol. The molecule has 0 bridgehead atoms. The van der Waals surface area contributed by atoms with Crippen LogP contribution >= 0.6 is 11.3 Å². The fourth-order valence-electron chi connectivity index (χ4n) is 2.83. The third kappa shape index (κ3) is 3.60. The van der Waals surface area contributed by atoms with Crippen LogP contribution in [0.4, 0.5) is 10.8 Å². The van der Waals surface area contributed by atoms with Crippen LogP contribution in [0.1, 0.15) is 29.4 Å². The predicted octanol–water partition coefficient (Wildman–Crippen LogP) is 2.65. The summed E-state index contributed by atoms with van der Waals surface area (Å²) in [6, 6.07) is 5.59. The van der Waals surface area contributed by atoms with Crippen LogP contribution in [0, 0.1) is 12.8 Å². The summed E-state index contributed by atoms with van der Waals surface area (Å²) < 4.78 is 5.34. The largest absolute Gasteiger partial charge is 0.495 e. The van der Waals surface area contributed by atoms with Crippen LogP contribution in [0.15, 0.2) is 23.6 Å². The third-order valence-corrected chi connectivity index (χ3v) is 4.97. The van der Waals surface area contributed by atoms with Gasteiger partial charge in [0, 0.05) is 25.3 Å². The maximum absolute atomic E-state index is 12.5. The fraction of sp³-hybridized carbons (Fsp3) is 0.333. The highest BCUT2D eigenvalue weighted by Crippen LogP contribution is 2.34. The number of aryl methyl sites for hydroxylation is 1. The minimum absolute atomic E-state index is 0.119. The summed E-state index contributed by atoms with van der Waals surface area (Å²) in [6.45, 7) is 3.63. The number of ether oxygens (including phenoxy) is 1. The molecule has 2 heterocycles. The Labute approximate surface area is 155 Å². The van der Waals surface area contributed by atoms with Gasteiger partial charge in [0.25, 0.3) is 0 Å². The summed E-state index contributed by atoms with van der Waals surface area (Å²) in [7, 11) is 1.55. The van der Waals surface area contributed by atoms with Crippen molar-refractivity contribution in [1.29, 1.82) is 0 Å². The molecule has 1 atom stereocenters. The lowest BCUT2D eigenvalue weighted by molar-refractivity contribution is -0.122. The van der Waals surface area contributed by atoms with E-state index in [1.807, 2.05) is 25.1 Å². The van der Waals surface area contributed by atoms with E-state index in [0.29, 0.717) is 22.3 Å². The van der Waals surface area contributed by atoms with E-state index < -0.39 is 5.92 Å². The van der Waals surface area contributed by atoms with E-state index >= 15 is 0 Å². The number of carbonyl (C=O) groups is 3. The van der Waals surface area contributed by atoms with Gasteiger partial charge in [0.2, 0.25) is 11.8 Å². The first-order valence-corrected chi connectivity index (χ1v) is 8.99. The smallest absolute Gasteiger partial charge is 0.231 e. The summed E-state index contributed by atoms with van der Waals surface area (Å²) in [5.41, 5.74) is 1.99. The lowest BCUT2D eigenvalue weighted by Crippen LogP contribution is -2.28. The second kappa shape index (κ2) is 7.25. The van der Waals surface area contributed by atoms with Crippen molar-refractivity contribution in [1.82, 2.24) is 4.98 Å². The van der Waals surface area contributed by atoms with Crippen molar-refractivity contribution in [3.05, 3.63) is 34.8 Å². The normalized spacial score (nSPS) is 16.7. The zero-order valence-electron chi connectivity index (χ0n) is 14.7. The number of nitrogens with one attached hydrogen (secondary N) is 1. The van der Waals surface area contributed by atoms with Crippen LogP contribution in [0.5, 0.6) is 5.75 Å². The van der Waals surface area contributed by atoms with Crippen LogP contribution in [0.25, 0.3) is 0 Å². The molecule has 26 heavy (non-hydrogen) atoms. The third-order valence-electron chi connectivity index (χ3n) is 4.22. The number of hydrogen-bond donors (Lipinski definition) is 1. The molecule has 1 fully saturated rings. The Hall–Kier alpha value is -2.74. The van der Waals surface area contributed by atoms with Crippen LogP contribution in [-0.2, 0) is 9.59 Å². The second-order valence-corrected chi connectivity index (χ2v) is 7.02. The summed E-state index contributed by atoms with van der Waals surface area (Å²) >= 11 is 1.19. The van der Waals surface area contributed by atoms with Crippen molar-refractivity contribution in [2.45, 2.75) is 20.3 Å². The SMILES string of the molecule is COc1ccc(C)cc1N1CC(C(=O)Nc2nc(C(C)=O)cs2)CC1=O. The first-order valence-electron chi connectivity index (χ1n) is 8.11. The van der Waals surface area contributed by atoms with Gasteiger partial charge in [0.15, 0.2) is 10.9 Å². The highest BCUT2D eigenvalue weighted by molar-refractivity contribution is 7.14. The molecule has 3 rings (SSSR count). The predicted molar refractivity (Wildman–Crippen MR) is 98.9 cm³/mol. The number of methoxy groups -OCH3 is 1. The first-order chi connectivity index (χ1) is 12.4. The number of anilines is 2. The van der Waals surface area contributed by atoms with E-state index in [-0.39, 0.29) is 30.6 Å². The molecule has 2 aromatic rings. The molecule has 0 radical (unpaired) electrons. The van der Waals surface area contributed by atoms with Gasteiger partial charge in [-0.3, -0.25) is 14.4 Å². The number of aromatic nitrogens is 1. The van der Waals surface area contributed by atoms with Crippen LogP contribution in [0.3, 0.4) is 0 Å². The second-order valence-electron chi connectivity index (χ2n) is 6.16. The molecular formula is C18H19N3O4S. The average Bonchev–Trinajstić information content (AvgIpc) is 3.21. The van der Waals surface area contributed by atoms with Gasteiger partial charge in [0.05, 0.1) is 18.7 Å². The number of thiazole rings is 1. The van der Waals surface area contributed by atoms with Crippen LogP contribution in [0.2, 0.25) is 0 Å². The molecule has 1 aliphatic rings. The van der Waals surface area contributed by atoms with Crippen molar-refractivity contribution in [3.8, 4) is 5.75 Å². The summed E-state index contributed by atoms with van der Waals surface area (Å²) in [6.07, 6.45) is 0.119. The topological polar surface area (TPSA) is 88.6 Å². The number of rotatable bonds is 5. The monoisotopic (exact) mass is 373 g/mol. The molecule has 136 valence electrons. The van der Waals surface area contributed by atoms with E-state index in [1.54, 1.807) is 17.4 Å². The van der Waals surface area contributed by atoms with Gasteiger partial charge in [-0.05, 0) is 24.6 Å². The minimum Gasteiger partial charge on any atom is -0.495 e. The fourth-order valence-corrected chi connectivity index (χ4v) is 3.58. The van der Waals surface area contributed by atoms with Gasteiger partial charge in [0.1, 0.15) is 11.4 Å². The quantitative estimate of drug-likeness (QED) is 0.814. The first kappa shape index (κ1) is 18.1. The van der Waals surface area contributed by atoms with Crippen molar-refractivity contribution < 1.29 is 19.1 Å². The lowest BCUT2D eigenvalue weighted by atomic mass is 10.1. The molecule has 0 aliphatic carbocycles. The molecule has 8 heteroatoms. The van der Waals surface area contributed by atoms with Crippen molar-refractivity contribution in [3.63, 3.8) is 0 Å². The molecule has 1 saturated heterocycles. The van der Waals surface area contributed by atoms with Gasteiger partial charge in [-0.2, -0.15) is 0 Å². The van der Waals surface area contributed by atoms with Crippen molar-refractivity contribution in [2.75, 3.05) is 23.9 Å². The Bertz CT molecular complexity index is 877. The number of nitrogens with zero attached hydrogens (tertiary/aromatic N) is 2. The van der Waals surface area contributed by atoms with Gasteiger partial charge < -0.3 is 15.0 Å². The summed E-state index contributed by atoms with van der Waals surface area (Å²) in [5.74, 6) is -0.460. The maximum atomic E-state index is 12.5. The Morgan fingerprint density at radius 3 is 2.81 bits per heavy atom. The number of amides is 2. The highest BCUT2D eigenvalue weighted by Gasteiger charge is 2.36. The minimum atomic E-state index is -0.489. The number of benzene rings is 1. The van der Waals surface area contributed by atoms with Gasteiger partial charge >= 0.3 is 0 Å². The highest BCUT2D eigenvalue weighted by atomic mass is 32.1. The molecule has 0 saturated carbocycles. The Kier molecular flexibility index (Phi) is 5.03. The van der Waals surface area contributed by atoms with E-state index in [4.69, 9.17) is 4.74 Å². The Morgan fingerprint density at radius 2 is 2.15 bits per heavy atom. The van der Waals surface area contributed by atoms with Gasteiger partial charge in [-0.15, -0.1) is 11.3 Å². The Balaban J connectivity index is 1.73. The summed E-state index contributed by atoms with van der Waals surface area (Å²) in [4.78, 5) is 41.9. The average molecular weight is 373 g/mol. The number of hydrogen-bond acceptors (Lipinski definition) is 6. The molecule has 1 N–H and O–H groups in total. The van der Waals surface area contributed by atoms with Crippen LogP contribution < -0.4 is 15.0 Å². The van der Waals surface area contributed by atoms with Gasteiger partial charge in [-0.25, -0.2) is 4.98 Å². The molecule has 1 unspecified atom stereocenters. The standard InChI is InChI=1S/C18H19N3O4S/c1-10-4-5-15(25-3)14(6-10)21-8-12(7-16(21)23)17(24)20-18-19-13(9-26-18)11(2)22/h4-6,9,12H,7-8H2,1-3H3,(H,19,20,24). The number of ketones is 1. The lowest BCUT2D eigenvalue weighted by Gasteiger charge is -2.20. The van der Waals surface area contributed by atoms with Crippen molar-refractivity contribution in [2.24, 2.45) is 5.92 Å². The van der Waals surface area contributed by atoms with E-state index in [9.17, 15) is 14.4 Å². The van der Waals surface area contributed by atoms with E-state index in [2.05, 4.69) is 10.3 Å². The zero-order chi connectivity index (χ0) is 18.8. The summed E-state index contributed by atoms with van der Waals surface area (Å²) in [5, 5.41) is 4.66. The van der Waals surface area contributed by atoms with Gasteiger partial charge in [-0.1, -0.05) is 6.07 Å². The molecule has 0 spiro atoms. The van der Waals surface area contributed by atoms with Crippen molar-refractivity contribution >= 4 is 39.8 Å². The number of carbonyl (C=O) groups excluding carboxylic acids is 3. The maximum Gasteiger partial charge on any atom is 0.231 e. The van der Waals surface area contributed by atoms with Crippen LogP contribution in [-0.4, -0.2) is 36.2 Å². The zero-order valence-corrected chi connectivity index (χ0v) is 15.6. The van der Waals surface area contributed by atoms with E-state index in [1.165, 1.54) is 18.3 Å². The molecule has 1 aromatic heterocycles. The molecule has 7 nitrogen and oxygen atoms in total. The molecule has 2 amide bonds. The van der Waals surface area contributed by atoms with E-state index in [0.717, 1.165) is 5.56 Å². The molecule has 1 aromatic carbocycles.